The molecular weight excluding hydrogens is 190 g/mol. The minimum Gasteiger partial charge on any atom is -0.461 e. The number of furan rings is 1. The minimum atomic E-state index is 0.516. The van der Waals surface area contributed by atoms with Crippen molar-refractivity contribution in [3.05, 3.63) is 36.4 Å². The number of aldehydes is 1. The minimum absolute atomic E-state index is 0.516. The molecule has 3 nitrogen and oxygen atoms in total. The van der Waals surface area contributed by atoms with E-state index in [1.807, 2.05) is 42.2 Å². The molecule has 0 aliphatic heterocycles. The first-order valence-corrected chi connectivity index (χ1v) is 4.94. The van der Waals surface area contributed by atoms with E-state index in [-0.39, 0.29) is 0 Å². The summed E-state index contributed by atoms with van der Waals surface area (Å²) in [6, 6.07) is 5.86. The molecule has 0 unspecified atom stereocenters. The number of hydrogen-bond acceptors (Lipinski definition) is 2. The third-order valence-electron chi connectivity index (χ3n) is 2.29. The van der Waals surface area contributed by atoms with Crippen molar-refractivity contribution in [2.75, 3.05) is 0 Å². The Morgan fingerprint density at radius 3 is 2.93 bits per heavy atom. The molecule has 15 heavy (non-hydrogen) atoms. The Balaban J connectivity index is 2.16. The second-order valence-corrected chi connectivity index (χ2v) is 3.54. The molecule has 0 aromatic carbocycles. The summed E-state index contributed by atoms with van der Waals surface area (Å²) >= 11 is 0. The molecule has 0 saturated heterocycles. The van der Waals surface area contributed by atoms with Crippen LogP contribution in [0.1, 0.15) is 12.2 Å². The van der Waals surface area contributed by atoms with Gasteiger partial charge in [0.2, 0.25) is 0 Å². The lowest BCUT2D eigenvalue weighted by Crippen LogP contribution is -1.81. The van der Waals surface area contributed by atoms with Crippen molar-refractivity contribution >= 4 is 6.29 Å². The number of rotatable bonds is 4. The highest BCUT2D eigenvalue weighted by atomic mass is 16.3. The zero-order chi connectivity index (χ0) is 10.7. The molecule has 2 aromatic rings. The van der Waals surface area contributed by atoms with Crippen LogP contribution in [0.3, 0.4) is 0 Å². The maximum Gasteiger partial charge on any atom is 0.135 e. The number of aryl methyl sites for hydroxylation is 2. The molecule has 0 spiro atoms. The molecule has 0 N–H and O–H groups in total. The molecule has 0 atom stereocenters. The van der Waals surface area contributed by atoms with Crippen LogP contribution in [0.2, 0.25) is 0 Å². The largest absolute Gasteiger partial charge is 0.461 e. The number of carbonyl (C=O) groups excluding carboxylic acids is 1. The van der Waals surface area contributed by atoms with Crippen LogP contribution in [-0.4, -0.2) is 10.9 Å². The number of aromatic nitrogens is 1. The molecule has 78 valence electrons. The standard InChI is InChI=1S/C12H13NO2/c1-13-7-6-10(9-13)12-5-4-11(15-12)3-2-8-14/h4-9H,2-3H2,1H3. The molecule has 0 aliphatic rings. The second-order valence-electron chi connectivity index (χ2n) is 3.54. The summed E-state index contributed by atoms with van der Waals surface area (Å²) in [5, 5.41) is 0. The molecular formula is C12H13NO2. The summed E-state index contributed by atoms with van der Waals surface area (Å²) in [5.41, 5.74) is 1.06. The normalized spacial score (nSPS) is 10.5. The number of nitrogens with zero attached hydrogens (tertiary/aromatic N) is 1. The average molecular weight is 203 g/mol. The average Bonchev–Trinajstić information content (AvgIpc) is 2.83. The van der Waals surface area contributed by atoms with E-state index in [4.69, 9.17) is 4.42 Å². The Morgan fingerprint density at radius 2 is 2.27 bits per heavy atom. The van der Waals surface area contributed by atoms with E-state index in [1.54, 1.807) is 0 Å². The van der Waals surface area contributed by atoms with Crippen molar-refractivity contribution in [2.24, 2.45) is 7.05 Å². The van der Waals surface area contributed by atoms with Gasteiger partial charge in [0.25, 0.3) is 0 Å². The SMILES string of the molecule is Cn1ccc(-c2ccc(CCC=O)o2)c1. The van der Waals surface area contributed by atoms with Crippen molar-refractivity contribution in [1.82, 2.24) is 4.57 Å². The Labute approximate surface area is 88.3 Å². The van der Waals surface area contributed by atoms with Crippen LogP contribution in [-0.2, 0) is 18.3 Å². The first-order chi connectivity index (χ1) is 7.29. The lowest BCUT2D eigenvalue weighted by molar-refractivity contribution is -0.107. The maximum atomic E-state index is 10.2. The van der Waals surface area contributed by atoms with Gasteiger partial charge in [0.1, 0.15) is 17.8 Å². The van der Waals surface area contributed by atoms with E-state index in [1.165, 1.54) is 0 Å². The van der Waals surface area contributed by atoms with Crippen LogP contribution >= 0.6 is 0 Å². The Hall–Kier alpha value is -1.77. The van der Waals surface area contributed by atoms with Gasteiger partial charge in [-0.1, -0.05) is 0 Å². The van der Waals surface area contributed by atoms with Gasteiger partial charge in [-0.25, -0.2) is 0 Å². The zero-order valence-electron chi connectivity index (χ0n) is 8.64. The van der Waals surface area contributed by atoms with Gasteiger partial charge in [-0.05, 0) is 18.2 Å². The van der Waals surface area contributed by atoms with Crippen LogP contribution in [0.15, 0.2) is 35.0 Å². The van der Waals surface area contributed by atoms with Gasteiger partial charge >= 0.3 is 0 Å². The van der Waals surface area contributed by atoms with Gasteiger partial charge in [-0.3, -0.25) is 0 Å². The van der Waals surface area contributed by atoms with Gasteiger partial charge in [0, 0.05) is 37.8 Å². The lowest BCUT2D eigenvalue weighted by Gasteiger charge is -1.92. The Kier molecular flexibility index (Phi) is 2.72. The lowest BCUT2D eigenvalue weighted by atomic mass is 10.2. The van der Waals surface area contributed by atoms with Crippen molar-refractivity contribution in [2.45, 2.75) is 12.8 Å². The van der Waals surface area contributed by atoms with Gasteiger partial charge < -0.3 is 13.8 Å². The summed E-state index contributed by atoms with van der Waals surface area (Å²) in [4.78, 5) is 10.2. The first-order valence-electron chi connectivity index (χ1n) is 4.94. The van der Waals surface area contributed by atoms with Crippen LogP contribution in [0.5, 0.6) is 0 Å². The molecule has 2 rings (SSSR count). The third kappa shape index (κ3) is 2.18. The predicted molar refractivity (Wildman–Crippen MR) is 57.5 cm³/mol. The van der Waals surface area contributed by atoms with Crippen LogP contribution < -0.4 is 0 Å². The van der Waals surface area contributed by atoms with E-state index in [0.29, 0.717) is 12.8 Å². The molecule has 0 aliphatic carbocycles. The van der Waals surface area contributed by atoms with Gasteiger partial charge in [-0.15, -0.1) is 0 Å². The van der Waals surface area contributed by atoms with E-state index in [0.717, 1.165) is 23.4 Å². The fourth-order valence-corrected chi connectivity index (χ4v) is 1.52. The molecule has 0 fully saturated rings. The van der Waals surface area contributed by atoms with E-state index < -0.39 is 0 Å². The van der Waals surface area contributed by atoms with Crippen molar-refractivity contribution in [3.8, 4) is 11.3 Å². The summed E-state index contributed by atoms with van der Waals surface area (Å²) < 4.78 is 7.59. The van der Waals surface area contributed by atoms with Gasteiger partial charge in [-0.2, -0.15) is 0 Å². The van der Waals surface area contributed by atoms with Crippen molar-refractivity contribution in [1.29, 1.82) is 0 Å². The van der Waals surface area contributed by atoms with Crippen LogP contribution in [0.4, 0.5) is 0 Å². The van der Waals surface area contributed by atoms with Crippen LogP contribution in [0, 0.1) is 0 Å². The zero-order valence-corrected chi connectivity index (χ0v) is 8.64. The van der Waals surface area contributed by atoms with Crippen LogP contribution in [0.25, 0.3) is 11.3 Å². The third-order valence-corrected chi connectivity index (χ3v) is 2.29. The van der Waals surface area contributed by atoms with E-state index in [9.17, 15) is 4.79 Å². The summed E-state index contributed by atoms with van der Waals surface area (Å²) in [5.74, 6) is 1.72. The summed E-state index contributed by atoms with van der Waals surface area (Å²) in [7, 11) is 1.97. The Bertz CT molecular complexity index is 454. The monoisotopic (exact) mass is 203 g/mol. The molecule has 2 aromatic heterocycles. The molecule has 3 heteroatoms. The van der Waals surface area contributed by atoms with E-state index >= 15 is 0 Å². The Morgan fingerprint density at radius 1 is 1.40 bits per heavy atom. The molecule has 0 radical (unpaired) electrons. The highest BCUT2D eigenvalue weighted by Gasteiger charge is 2.05. The molecule has 0 amide bonds. The fraction of sp³-hybridized carbons (Fsp3) is 0.250. The number of carbonyl (C=O) groups is 1. The quantitative estimate of drug-likeness (QED) is 0.715. The molecule has 0 bridgehead atoms. The highest BCUT2D eigenvalue weighted by molar-refractivity contribution is 5.56. The first kappa shape index (κ1) is 9.77. The summed E-state index contributed by atoms with van der Waals surface area (Å²) in [6.07, 6.45) is 6.08. The molecule has 0 saturated carbocycles. The number of hydrogen-bond donors (Lipinski definition) is 0. The highest BCUT2D eigenvalue weighted by Crippen LogP contribution is 2.22. The van der Waals surface area contributed by atoms with Gasteiger partial charge in [0.15, 0.2) is 0 Å². The maximum absolute atomic E-state index is 10.2. The molecule has 2 heterocycles. The smallest absolute Gasteiger partial charge is 0.135 e. The van der Waals surface area contributed by atoms with E-state index in [2.05, 4.69) is 0 Å². The summed E-state index contributed by atoms with van der Waals surface area (Å²) in [6.45, 7) is 0. The fourth-order valence-electron chi connectivity index (χ4n) is 1.52. The van der Waals surface area contributed by atoms with Crippen molar-refractivity contribution in [3.63, 3.8) is 0 Å². The van der Waals surface area contributed by atoms with Crippen molar-refractivity contribution < 1.29 is 9.21 Å². The predicted octanol–water partition coefficient (Wildman–Crippen LogP) is 2.42. The topological polar surface area (TPSA) is 35.1 Å². The second kappa shape index (κ2) is 4.17. The van der Waals surface area contributed by atoms with Gasteiger partial charge in [0.05, 0.1) is 0 Å².